The Morgan fingerprint density at radius 2 is 1.61 bits per heavy atom. The van der Waals surface area contributed by atoms with Gasteiger partial charge in [0, 0.05) is 20.1 Å². The van der Waals surface area contributed by atoms with Crippen molar-refractivity contribution in [1.29, 1.82) is 0 Å². The predicted octanol–water partition coefficient (Wildman–Crippen LogP) is 3.52. The van der Waals surface area contributed by atoms with Crippen LogP contribution in [-0.4, -0.2) is 46.5 Å². The molecule has 2 rings (SSSR count). The molecule has 2 aromatic carbocycles. The zero-order valence-electron chi connectivity index (χ0n) is 16.9. The van der Waals surface area contributed by atoms with Crippen LogP contribution < -0.4 is 10.6 Å². The number of hydrogen-bond acceptors (Lipinski definition) is 4. The molecule has 2 N–H and O–H groups in total. The normalized spacial score (nSPS) is 12.2. The van der Waals surface area contributed by atoms with E-state index in [0.29, 0.717) is 18.1 Å². The lowest BCUT2D eigenvalue weighted by molar-refractivity contribution is -0.176. The van der Waals surface area contributed by atoms with Crippen LogP contribution in [0.15, 0.2) is 64.5 Å². The van der Waals surface area contributed by atoms with Crippen molar-refractivity contribution in [3.8, 4) is 0 Å². The maximum Gasteiger partial charge on any atom is 0.411 e. The van der Waals surface area contributed by atoms with Gasteiger partial charge in [0.1, 0.15) is 6.61 Å². The van der Waals surface area contributed by atoms with Crippen molar-refractivity contribution in [3.05, 3.63) is 65.7 Å². The standard InChI is InChI=1S/C20H24F3N3O3S.HI/c1-24-19(25-11-12-30(27,28)18-5-3-2-4-6-18)26-13-16-7-9-17(10-8-16)14-29-15-20(21,22)23;/h2-10H,11-15H2,1H3,(H2,24,25,26);1H. The Morgan fingerprint density at radius 3 is 2.19 bits per heavy atom. The van der Waals surface area contributed by atoms with Crippen molar-refractivity contribution < 1.29 is 26.3 Å². The van der Waals surface area contributed by atoms with Crippen molar-refractivity contribution in [2.75, 3.05) is 26.0 Å². The third kappa shape index (κ3) is 10.3. The smallest absolute Gasteiger partial charge is 0.367 e. The molecule has 2 aromatic rings. The average molecular weight is 571 g/mol. The number of ether oxygens (including phenoxy) is 1. The molecule has 0 aliphatic rings. The summed E-state index contributed by atoms with van der Waals surface area (Å²) in [5, 5.41) is 6.01. The third-order valence-electron chi connectivity index (χ3n) is 4.01. The van der Waals surface area contributed by atoms with E-state index in [1.54, 1.807) is 61.6 Å². The molecule has 0 spiro atoms. The highest BCUT2D eigenvalue weighted by Crippen LogP contribution is 2.16. The van der Waals surface area contributed by atoms with E-state index in [1.807, 2.05) is 0 Å². The second kappa shape index (κ2) is 12.9. The maximum atomic E-state index is 12.3. The van der Waals surface area contributed by atoms with Gasteiger partial charge in [-0.25, -0.2) is 8.42 Å². The first-order valence-electron chi connectivity index (χ1n) is 9.14. The molecule has 6 nitrogen and oxygen atoms in total. The number of benzene rings is 2. The van der Waals surface area contributed by atoms with Gasteiger partial charge < -0.3 is 15.4 Å². The summed E-state index contributed by atoms with van der Waals surface area (Å²) in [6.07, 6.45) is -4.34. The molecule has 0 unspecified atom stereocenters. The largest absolute Gasteiger partial charge is 0.411 e. The Balaban J connectivity index is 0.00000480. The number of nitrogens with zero attached hydrogens (tertiary/aromatic N) is 1. The Kier molecular flexibility index (Phi) is 11.3. The van der Waals surface area contributed by atoms with Crippen LogP contribution in [-0.2, 0) is 27.7 Å². The van der Waals surface area contributed by atoms with Crippen LogP contribution in [0.5, 0.6) is 0 Å². The van der Waals surface area contributed by atoms with Crippen LogP contribution in [0.25, 0.3) is 0 Å². The fraction of sp³-hybridized carbons (Fsp3) is 0.350. The number of rotatable bonds is 9. The number of aliphatic imine (C=N–C) groups is 1. The zero-order chi connectivity index (χ0) is 22.0. The quantitative estimate of drug-likeness (QED) is 0.274. The molecular formula is C20H25F3IN3O3S. The monoisotopic (exact) mass is 571 g/mol. The molecule has 31 heavy (non-hydrogen) atoms. The third-order valence-corrected chi connectivity index (χ3v) is 5.74. The molecule has 172 valence electrons. The summed E-state index contributed by atoms with van der Waals surface area (Å²) >= 11 is 0. The minimum absolute atomic E-state index is 0. The first kappa shape index (κ1) is 27.2. The van der Waals surface area contributed by atoms with Crippen molar-refractivity contribution in [2.24, 2.45) is 4.99 Å². The first-order chi connectivity index (χ1) is 14.2. The molecule has 11 heteroatoms. The lowest BCUT2D eigenvalue weighted by atomic mass is 10.1. The zero-order valence-corrected chi connectivity index (χ0v) is 20.0. The molecule has 0 saturated heterocycles. The molecule has 0 atom stereocenters. The minimum atomic E-state index is -4.34. The van der Waals surface area contributed by atoms with Crippen LogP contribution in [0.1, 0.15) is 11.1 Å². The minimum Gasteiger partial charge on any atom is -0.367 e. The number of guanidine groups is 1. The van der Waals surface area contributed by atoms with Crippen molar-refractivity contribution >= 4 is 39.8 Å². The first-order valence-corrected chi connectivity index (χ1v) is 10.8. The Labute approximate surface area is 197 Å². The predicted molar refractivity (Wildman–Crippen MR) is 124 cm³/mol. The summed E-state index contributed by atoms with van der Waals surface area (Å²) in [6.45, 7) is -0.800. The number of halogens is 4. The van der Waals surface area contributed by atoms with Gasteiger partial charge in [-0.2, -0.15) is 13.2 Å². The summed E-state index contributed by atoms with van der Waals surface area (Å²) in [5.41, 5.74) is 1.52. The number of alkyl halides is 3. The fourth-order valence-electron chi connectivity index (χ4n) is 2.49. The molecule has 0 aliphatic carbocycles. The summed E-state index contributed by atoms with van der Waals surface area (Å²) < 4.78 is 65.4. The fourth-order valence-corrected chi connectivity index (χ4v) is 3.67. The molecule has 0 heterocycles. The molecular weight excluding hydrogens is 546 g/mol. The maximum absolute atomic E-state index is 12.3. The summed E-state index contributed by atoms with van der Waals surface area (Å²) in [6, 6.07) is 15.1. The highest BCUT2D eigenvalue weighted by Gasteiger charge is 2.27. The molecule has 0 radical (unpaired) electrons. The Hall–Kier alpha value is -1.86. The molecule has 0 amide bonds. The number of hydrogen-bond donors (Lipinski definition) is 2. The van der Waals surface area contributed by atoms with E-state index in [-0.39, 0.29) is 47.8 Å². The van der Waals surface area contributed by atoms with E-state index < -0.39 is 22.6 Å². The second-order valence-corrected chi connectivity index (χ2v) is 8.52. The van der Waals surface area contributed by atoms with Gasteiger partial charge in [-0.1, -0.05) is 42.5 Å². The highest BCUT2D eigenvalue weighted by atomic mass is 127. The highest BCUT2D eigenvalue weighted by molar-refractivity contribution is 14.0. The molecule has 0 aliphatic heterocycles. The van der Waals surface area contributed by atoms with Crippen LogP contribution >= 0.6 is 24.0 Å². The number of sulfone groups is 1. The van der Waals surface area contributed by atoms with E-state index in [1.165, 1.54) is 0 Å². The van der Waals surface area contributed by atoms with Crippen LogP contribution in [0.2, 0.25) is 0 Å². The van der Waals surface area contributed by atoms with Gasteiger partial charge in [0.2, 0.25) is 0 Å². The summed E-state index contributed by atoms with van der Waals surface area (Å²) in [7, 11) is -1.81. The summed E-state index contributed by atoms with van der Waals surface area (Å²) in [4.78, 5) is 4.32. The van der Waals surface area contributed by atoms with Crippen LogP contribution in [0, 0.1) is 0 Å². The van der Waals surface area contributed by atoms with Gasteiger partial charge in [-0.15, -0.1) is 24.0 Å². The van der Waals surface area contributed by atoms with Crippen LogP contribution in [0.3, 0.4) is 0 Å². The van der Waals surface area contributed by atoms with Gasteiger partial charge in [0.15, 0.2) is 15.8 Å². The van der Waals surface area contributed by atoms with Gasteiger partial charge in [-0.05, 0) is 23.3 Å². The van der Waals surface area contributed by atoms with Crippen LogP contribution in [0.4, 0.5) is 13.2 Å². The SMILES string of the molecule is CN=C(NCCS(=O)(=O)c1ccccc1)NCc1ccc(COCC(F)(F)F)cc1.I. The lowest BCUT2D eigenvalue weighted by Crippen LogP contribution is -2.39. The van der Waals surface area contributed by atoms with Crippen molar-refractivity contribution in [2.45, 2.75) is 24.2 Å². The number of nitrogens with one attached hydrogen (secondary N) is 2. The second-order valence-electron chi connectivity index (χ2n) is 6.41. The van der Waals surface area contributed by atoms with Gasteiger partial charge in [0.05, 0.1) is 17.3 Å². The molecule has 0 bridgehead atoms. The summed E-state index contributed by atoms with van der Waals surface area (Å²) in [5.74, 6) is 0.362. The van der Waals surface area contributed by atoms with E-state index in [0.717, 1.165) is 5.56 Å². The molecule has 0 fully saturated rings. The average Bonchev–Trinajstić information content (AvgIpc) is 2.71. The Morgan fingerprint density at radius 1 is 1.00 bits per heavy atom. The van der Waals surface area contributed by atoms with E-state index in [9.17, 15) is 21.6 Å². The molecule has 0 saturated carbocycles. The van der Waals surface area contributed by atoms with Gasteiger partial charge in [-0.3, -0.25) is 4.99 Å². The van der Waals surface area contributed by atoms with Gasteiger partial charge >= 0.3 is 6.18 Å². The van der Waals surface area contributed by atoms with E-state index in [4.69, 9.17) is 0 Å². The van der Waals surface area contributed by atoms with Crippen molar-refractivity contribution in [3.63, 3.8) is 0 Å². The van der Waals surface area contributed by atoms with Crippen molar-refractivity contribution in [1.82, 2.24) is 10.6 Å². The lowest BCUT2D eigenvalue weighted by Gasteiger charge is -2.13. The van der Waals surface area contributed by atoms with Gasteiger partial charge in [0.25, 0.3) is 0 Å². The van der Waals surface area contributed by atoms with E-state index >= 15 is 0 Å². The van der Waals surface area contributed by atoms with E-state index in [2.05, 4.69) is 20.4 Å². The molecule has 0 aromatic heterocycles. The Bertz CT molecular complexity index is 922. The topological polar surface area (TPSA) is 79.8 Å².